The Balaban J connectivity index is 0.00000363. The van der Waals surface area contributed by atoms with E-state index in [-0.39, 0.29) is 36.2 Å². The average Bonchev–Trinajstić information content (AvgIpc) is 2.74. The third kappa shape index (κ3) is 7.50. The maximum absolute atomic E-state index is 12.4. The molecule has 0 bridgehead atoms. The van der Waals surface area contributed by atoms with Crippen LogP contribution in [0.2, 0.25) is 0 Å². The number of hydrogen-bond acceptors (Lipinski definition) is 4. The van der Waals surface area contributed by atoms with Gasteiger partial charge in [-0.05, 0) is 57.6 Å². The van der Waals surface area contributed by atoms with Crippen molar-refractivity contribution in [2.24, 2.45) is 10.9 Å². The lowest BCUT2D eigenvalue weighted by Gasteiger charge is -2.37. The fourth-order valence-electron chi connectivity index (χ4n) is 4.27. The van der Waals surface area contributed by atoms with Crippen molar-refractivity contribution in [3.63, 3.8) is 0 Å². The highest BCUT2D eigenvalue weighted by molar-refractivity contribution is 14.0. The van der Waals surface area contributed by atoms with Gasteiger partial charge in [0.05, 0.1) is 13.2 Å². The molecule has 1 aromatic rings. The fraction of sp³-hybridized carbons (Fsp3) is 0.667. The predicted molar refractivity (Wildman–Crippen MR) is 139 cm³/mol. The number of rotatable bonds is 3. The molecule has 32 heavy (non-hydrogen) atoms. The Labute approximate surface area is 209 Å². The summed E-state index contributed by atoms with van der Waals surface area (Å²) in [7, 11) is 1.83. The Hall–Kier alpha value is -1.55. The van der Waals surface area contributed by atoms with Gasteiger partial charge in [-0.3, -0.25) is 4.99 Å². The number of carbonyl (C=O) groups is 1. The van der Waals surface area contributed by atoms with Gasteiger partial charge in [-0.2, -0.15) is 0 Å². The van der Waals surface area contributed by atoms with Crippen LogP contribution < -0.4 is 5.32 Å². The van der Waals surface area contributed by atoms with Crippen LogP contribution in [-0.2, 0) is 9.47 Å². The van der Waals surface area contributed by atoms with Crippen LogP contribution in [0.15, 0.2) is 29.3 Å². The van der Waals surface area contributed by atoms with Gasteiger partial charge >= 0.3 is 6.09 Å². The largest absolute Gasteiger partial charge is 0.444 e. The maximum Gasteiger partial charge on any atom is 0.410 e. The van der Waals surface area contributed by atoms with Crippen LogP contribution >= 0.6 is 24.0 Å². The van der Waals surface area contributed by atoms with Gasteiger partial charge in [0.2, 0.25) is 0 Å². The van der Waals surface area contributed by atoms with E-state index in [4.69, 9.17) is 9.47 Å². The zero-order chi connectivity index (χ0) is 22.4. The second-order valence-corrected chi connectivity index (χ2v) is 9.52. The molecule has 1 amide bonds. The molecular formula is C24H39IN4O3. The zero-order valence-corrected chi connectivity index (χ0v) is 22.4. The lowest BCUT2D eigenvalue weighted by Crippen LogP contribution is -2.51. The lowest BCUT2D eigenvalue weighted by atomic mass is 9.98. The molecule has 0 saturated carbocycles. The van der Waals surface area contributed by atoms with Crippen molar-refractivity contribution in [1.82, 2.24) is 15.1 Å². The van der Waals surface area contributed by atoms with E-state index in [1.165, 1.54) is 11.1 Å². The highest BCUT2D eigenvalue weighted by Crippen LogP contribution is 2.25. The Bertz CT molecular complexity index is 781. The number of benzene rings is 1. The number of guanidine groups is 1. The molecule has 2 fully saturated rings. The van der Waals surface area contributed by atoms with Crippen molar-refractivity contribution < 1.29 is 14.3 Å². The van der Waals surface area contributed by atoms with Gasteiger partial charge in [-0.25, -0.2) is 4.79 Å². The zero-order valence-electron chi connectivity index (χ0n) is 20.1. The van der Waals surface area contributed by atoms with Crippen molar-refractivity contribution in [3.05, 3.63) is 35.4 Å². The van der Waals surface area contributed by atoms with Crippen LogP contribution in [0.3, 0.4) is 0 Å². The first-order valence-corrected chi connectivity index (χ1v) is 11.4. The molecule has 7 nitrogen and oxygen atoms in total. The number of piperidine rings is 1. The van der Waals surface area contributed by atoms with E-state index in [0.717, 1.165) is 45.0 Å². The molecular weight excluding hydrogens is 519 g/mol. The molecule has 2 unspecified atom stereocenters. The molecule has 0 radical (unpaired) electrons. The smallest absolute Gasteiger partial charge is 0.410 e. The molecule has 1 aromatic carbocycles. The van der Waals surface area contributed by atoms with Crippen LogP contribution in [-0.4, -0.2) is 73.8 Å². The molecule has 2 saturated heterocycles. The minimum Gasteiger partial charge on any atom is -0.444 e. The third-order valence-electron chi connectivity index (χ3n) is 5.83. The van der Waals surface area contributed by atoms with Crippen LogP contribution in [0.1, 0.15) is 50.8 Å². The number of hydrogen-bond donors (Lipinski definition) is 1. The minimum atomic E-state index is -0.464. The maximum atomic E-state index is 12.4. The summed E-state index contributed by atoms with van der Waals surface area (Å²) >= 11 is 0. The molecule has 2 aliphatic rings. The molecule has 8 heteroatoms. The van der Waals surface area contributed by atoms with Crippen molar-refractivity contribution in [2.75, 3.05) is 46.4 Å². The second kappa shape index (κ2) is 12.1. The number of nitrogens with zero attached hydrogens (tertiary/aromatic N) is 3. The Kier molecular flexibility index (Phi) is 10.1. The number of halogens is 1. The number of likely N-dealkylation sites (tertiary alicyclic amines) is 1. The highest BCUT2D eigenvalue weighted by Gasteiger charge is 2.29. The molecule has 0 aromatic heterocycles. The van der Waals surface area contributed by atoms with Gasteiger partial charge in [0, 0.05) is 33.2 Å². The van der Waals surface area contributed by atoms with E-state index >= 15 is 0 Å². The summed E-state index contributed by atoms with van der Waals surface area (Å²) in [6.07, 6.45) is 1.93. The molecule has 2 atom stereocenters. The molecule has 2 aliphatic heterocycles. The monoisotopic (exact) mass is 558 g/mol. The number of aryl methyl sites for hydroxylation is 1. The fourth-order valence-corrected chi connectivity index (χ4v) is 4.27. The summed E-state index contributed by atoms with van der Waals surface area (Å²) in [5.74, 6) is 1.28. The number of nitrogens with one attached hydrogen (secondary N) is 1. The van der Waals surface area contributed by atoms with Crippen molar-refractivity contribution in [1.29, 1.82) is 0 Å². The number of carbonyl (C=O) groups excluding carboxylic acids is 1. The van der Waals surface area contributed by atoms with Crippen LogP contribution in [0, 0.1) is 12.8 Å². The lowest BCUT2D eigenvalue weighted by molar-refractivity contribution is -0.00852. The van der Waals surface area contributed by atoms with Crippen LogP contribution in [0.25, 0.3) is 0 Å². The molecule has 3 rings (SSSR count). The summed E-state index contributed by atoms with van der Waals surface area (Å²) in [6.45, 7) is 12.4. The minimum absolute atomic E-state index is 0. The first kappa shape index (κ1) is 26.7. The highest BCUT2D eigenvalue weighted by atomic mass is 127. The van der Waals surface area contributed by atoms with E-state index in [1.807, 2.05) is 32.7 Å². The quantitative estimate of drug-likeness (QED) is 0.342. The number of ether oxygens (including phenoxy) is 2. The predicted octanol–water partition coefficient (Wildman–Crippen LogP) is 4.21. The van der Waals surface area contributed by atoms with Crippen LogP contribution in [0.4, 0.5) is 4.79 Å². The van der Waals surface area contributed by atoms with Gasteiger partial charge in [-0.1, -0.05) is 24.3 Å². The van der Waals surface area contributed by atoms with Gasteiger partial charge in [0.25, 0.3) is 0 Å². The van der Waals surface area contributed by atoms with Gasteiger partial charge in [0.1, 0.15) is 11.7 Å². The Morgan fingerprint density at radius 2 is 1.97 bits per heavy atom. The van der Waals surface area contributed by atoms with Gasteiger partial charge in [0.15, 0.2) is 5.96 Å². The molecule has 180 valence electrons. The summed E-state index contributed by atoms with van der Waals surface area (Å²) in [5.41, 5.74) is 2.03. The second-order valence-electron chi connectivity index (χ2n) is 9.52. The molecule has 0 aliphatic carbocycles. The number of amides is 1. The third-order valence-corrected chi connectivity index (χ3v) is 5.83. The van der Waals surface area contributed by atoms with E-state index in [1.54, 1.807) is 0 Å². The molecule has 1 N–H and O–H groups in total. The number of morpholine rings is 1. The van der Waals surface area contributed by atoms with Crippen molar-refractivity contribution >= 4 is 36.0 Å². The summed E-state index contributed by atoms with van der Waals surface area (Å²) in [4.78, 5) is 21.1. The van der Waals surface area contributed by atoms with E-state index < -0.39 is 5.60 Å². The normalized spacial score (nSPS) is 22.2. The van der Waals surface area contributed by atoms with Crippen LogP contribution in [0.5, 0.6) is 0 Å². The van der Waals surface area contributed by atoms with Crippen molar-refractivity contribution in [3.8, 4) is 0 Å². The van der Waals surface area contributed by atoms with Crippen molar-refractivity contribution in [2.45, 2.75) is 52.2 Å². The summed E-state index contributed by atoms with van der Waals surface area (Å²) in [5, 5.41) is 3.54. The van der Waals surface area contributed by atoms with E-state index in [9.17, 15) is 4.79 Å². The van der Waals surface area contributed by atoms with Gasteiger partial charge in [-0.15, -0.1) is 24.0 Å². The Morgan fingerprint density at radius 1 is 1.22 bits per heavy atom. The van der Waals surface area contributed by atoms with E-state index in [2.05, 4.69) is 46.4 Å². The summed E-state index contributed by atoms with van der Waals surface area (Å²) in [6, 6.07) is 8.40. The number of aliphatic imine (C=N–C) groups is 1. The van der Waals surface area contributed by atoms with E-state index in [0.29, 0.717) is 19.1 Å². The standard InChI is InChI=1S/C24H38N4O3.HI/c1-18-9-6-7-11-20(18)21-17-27(13-14-30-21)22(25-5)26-15-19-10-8-12-28(16-19)23(29)31-24(2,3)4;/h6-7,9,11,19,21H,8,10,12-17H2,1-5H3,(H,25,26);1H. The molecule has 2 heterocycles. The first-order valence-electron chi connectivity index (χ1n) is 11.4. The SMILES string of the molecule is CN=C(NCC1CCCN(C(=O)OC(C)(C)C)C1)N1CCOC(c2ccccc2C)C1.I. The molecule has 0 spiro atoms. The first-order chi connectivity index (χ1) is 14.8. The average molecular weight is 559 g/mol. The van der Waals surface area contributed by atoms with Gasteiger partial charge < -0.3 is 24.6 Å². The summed E-state index contributed by atoms with van der Waals surface area (Å²) < 4.78 is 11.6. The topological polar surface area (TPSA) is 66.4 Å². The Morgan fingerprint density at radius 3 is 2.66 bits per heavy atom.